The van der Waals surface area contributed by atoms with Gasteiger partial charge in [-0.05, 0) is 28.7 Å². The third-order valence-electron chi connectivity index (χ3n) is 1.84. The molecule has 0 unspecified atom stereocenters. The van der Waals surface area contributed by atoms with Gasteiger partial charge in [-0.3, -0.25) is 0 Å². The Balaban J connectivity index is 3.28. The predicted octanol–water partition coefficient (Wildman–Crippen LogP) is 1.83. The van der Waals surface area contributed by atoms with Gasteiger partial charge in [-0.25, -0.2) is 9.78 Å². The molecule has 0 radical (unpaired) electrons. The van der Waals surface area contributed by atoms with Gasteiger partial charge in [-0.1, -0.05) is 0 Å². The summed E-state index contributed by atoms with van der Waals surface area (Å²) in [5.41, 5.74) is 5.11. The van der Waals surface area contributed by atoms with Gasteiger partial charge in [0.15, 0.2) is 5.69 Å². The molecule has 9 heteroatoms. The van der Waals surface area contributed by atoms with E-state index in [4.69, 9.17) is 5.73 Å². The van der Waals surface area contributed by atoms with Gasteiger partial charge in [0.2, 0.25) is 5.88 Å². The summed E-state index contributed by atoms with van der Waals surface area (Å²) in [6.07, 6.45) is -4.91. The molecule has 0 spiro atoms. The Bertz CT molecular complexity index is 465. The maximum atomic E-state index is 12.2. The summed E-state index contributed by atoms with van der Waals surface area (Å²) in [5, 5.41) is 0. The number of carbonyl (C=O) groups is 1. The van der Waals surface area contributed by atoms with Crippen molar-refractivity contribution in [1.82, 2.24) is 4.98 Å². The van der Waals surface area contributed by atoms with Gasteiger partial charge in [-0.2, -0.15) is 0 Å². The van der Waals surface area contributed by atoms with Crippen LogP contribution in [0.4, 0.5) is 13.2 Å². The number of nitrogens with zero attached hydrogens (tertiary/aromatic N) is 1. The van der Waals surface area contributed by atoms with Crippen LogP contribution in [0.3, 0.4) is 0 Å². The fourth-order valence-electron chi connectivity index (χ4n) is 1.11. The second-order valence-corrected chi connectivity index (χ2v) is 4.18. The zero-order valence-electron chi connectivity index (χ0n) is 9.05. The van der Waals surface area contributed by atoms with E-state index in [-0.39, 0.29) is 17.8 Å². The molecule has 1 rings (SSSR count). The number of pyridine rings is 1. The molecule has 100 valence electrons. The number of carbonyl (C=O) groups excluding carboxylic acids is 1. The van der Waals surface area contributed by atoms with Crippen LogP contribution in [0.5, 0.6) is 5.88 Å². The van der Waals surface area contributed by atoms with E-state index < -0.39 is 18.2 Å². The van der Waals surface area contributed by atoms with Crippen LogP contribution in [0, 0.1) is 3.57 Å². The maximum absolute atomic E-state index is 12.2. The van der Waals surface area contributed by atoms with Crippen molar-refractivity contribution >= 4 is 28.6 Å². The molecule has 0 amide bonds. The smallest absolute Gasteiger partial charge is 0.464 e. The van der Waals surface area contributed by atoms with Crippen molar-refractivity contribution in [1.29, 1.82) is 0 Å². The van der Waals surface area contributed by atoms with E-state index in [1.807, 2.05) is 0 Å². The number of hydrogen-bond acceptors (Lipinski definition) is 5. The average molecular weight is 376 g/mol. The molecule has 0 saturated carbocycles. The van der Waals surface area contributed by atoms with E-state index in [9.17, 15) is 18.0 Å². The zero-order chi connectivity index (χ0) is 13.9. The second-order valence-electron chi connectivity index (χ2n) is 3.02. The number of aromatic nitrogens is 1. The molecule has 18 heavy (non-hydrogen) atoms. The first-order valence-corrected chi connectivity index (χ1v) is 5.60. The lowest BCUT2D eigenvalue weighted by Crippen LogP contribution is -2.21. The molecule has 0 aromatic carbocycles. The largest absolute Gasteiger partial charge is 0.574 e. The minimum atomic E-state index is -4.91. The number of ether oxygens (including phenoxy) is 2. The van der Waals surface area contributed by atoms with Gasteiger partial charge < -0.3 is 15.2 Å². The van der Waals surface area contributed by atoms with Crippen LogP contribution in [-0.4, -0.2) is 24.4 Å². The number of halogens is 4. The number of esters is 1. The normalized spacial score (nSPS) is 11.2. The van der Waals surface area contributed by atoms with Crippen molar-refractivity contribution in [3.63, 3.8) is 0 Å². The molecule has 0 fully saturated rings. The Morgan fingerprint density at radius 1 is 1.56 bits per heavy atom. The van der Waals surface area contributed by atoms with E-state index in [1.165, 1.54) is 6.07 Å². The zero-order valence-corrected chi connectivity index (χ0v) is 11.2. The second kappa shape index (κ2) is 5.69. The van der Waals surface area contributed by atoms with Gasteiger partial charge in [0, 0.05) is 15.7 Å². The fourth-order valence-corrected chi connectivity index (χ4v) is 1.85. The quantitative estimate of drug-likeness (QED) is 0.644. The fraction of sp³-hybridized carbons (Fsp3) is 0.333. The first-order chi connectivity index (χ1) is 8.28. The minimum absolute atomic E-state index is 0.0700. The van der Waals surface area contributed by atoms with E-state index in [0.29, 0.717) is 3.57 Å². The highest BCUT2D eigenvalue weighted by Crippen LogP contribution is 2.28. The Hall–Kier alpha value is -1.10. The van der Waals surface area contributed by atoms with Gasteiger partial charge in [0.25, 0.3) is 0 Å². The van der Waals surface area contributed by atoms with Crippen molar-refractivity contribution < 1.29 is 27.4 Å². The van der Waals surface area contributed by atoms with Crippen LogP contribution >= 0.6 is 22.6 Å². The van der Waals surface area contributed by atoms with E-state index >= 15 is 0 Å². The summed E-state index contributed by atoms with van der Waals surface area (Å²) in [6.45, 7) is -0.196. The molecule has 1 aromatic heterocycles. The summed E-state index contributed by atoms with van der Waals surface area (Å²) in [7, 11) is 1.10. The topological polar surface area (TPSA) is 74.4 Å². The van der Waals surface area contributed by atoms with Crippen molar-refractivity contribution in [2.75, 3.05) is 7.11 Å². The molecule has 1 heterocycles. The first kappa shape index (κ1) is 15.0. The lowest BCUT2D eigenvalue weighted by atomic mass is 10.2. The molecule has 5 nitrogen and oxygen atoms in total. The Kier molecular flexibility index (Phi) is 4.73. The van der Waals surface area contributed by atoms with Crippen LogP contribution in [0.1, 0.15) is 16.1 Å². The van der Waals surface area contributed by atoms with Crippen molar-refractivity contribution in [2.45, 2.75) is 12.9 Å². The number of alkyl halides is 3. The monoisotopic (exact) mass is 376 g/mol. The Morgan fingerprint density at radius 2 is 2.17 bits per heavy atom. The molecule has 2 N–H and O–H groups in total. The summed E-state index contributed by atoms with van der Waals surface area (Å²) < 4.78 is 45.0. The number of hydrogen-bond donors (Lipinski definition) is 1. The molecule has 1 aromatic rings. The molecule has 0 atom stereocenters. The summed E-state index contributed by atoms with van der Waals surface area (Å²) in [5.74, 6) is -1.60. The highest BCUT2D eigenvalue weighted by Gasteiger charge is 2.33. The summed E-state index contributed by atoms with van der Waals surface area (Å²) >= 11 is 1.74. The number of rotatable bonds is 3. The van der Waals surface area contributed by atoms with Gasteiger partial charge in [0.1, 0.15) is 0 Å². The van der Waals surface area contributed by atoms with Crippen molar-refractivity contribution in [3.05, 3.63) is 20.9 Å². The number of methoxy groups -OCH3 is 1. The number of nitrogens with two attached hydrogens (primary N) is 1. The Labute approximate surface area is 114 Å². The van der Waals surface area contributed by atoms with Gasteiger partial charge >= 0.3 is 12.3 Å². The predicted molar refractivity (Wildman–Crippen MR) is 62.9 cm³/mol. The molecule has 0 aliphatic rings. The van der Waals surface area contributed by atoms with Crippen LogP contribution in [0.25, 0.3) is 0 Å². The molecular formula is C9H8F3IN2O3. The van der Waals surface area contributed by atoms with Crippen LogP contribution in [-0.2, 0) is 11.3 Å². The molecular weight excluding hydrogens is 368 g/mol. The van der Waals surface area contributed by atoms with Gasteiger partial charge in [-0.15, -0.1) is 13.2 Å². The van der Waals surface area contributed by atoms with E-state index in [1.54, 1.807) is 22.6 Å². The highest BCUT2D eigenvalue weighted by molar-refractivity contribution is 14.1. The first-order valence-electron chi connectivity index (χ1n) is 4.52. The highest BCUT2D eigenvalue weighted by atomic mass is 127. The van der Waals surface area contributed by atoms with Crippen LogP contribution in [0.2, 0.25) is 0 Å². The third-order valence-corrected chi connectivity index (χ3v) is 2.81. The van der Waals surface area contributed by atoms with E-state index in [0.717, 1.165) is 7.11 Å². The van der Waals surface area contributed by atoms with Crippen molar-refractivity contribution in [2.24, 2.45) is 5.73 Å². The molecule has 0 bridgehead atoms. The minimum Gasteiger partial charge on any atom is -0.464 e. The molecule has 0 saturated heterocycles. The SMILES string of the molecule is COC(=O)c1cc(I)c(CN)c(OC(F)(F)F)n1. The van der Waals surface area contributed by atoms with Crippen LogP contribution < -0.4 is 10.5 Å². The standard InChI is InChI=1S/C9H8F3IN2O3/c1-17-8(16)6-2-5(13)4(3-14)7(15-6)18-9(10,11)12/h2H,3,14H2,1H3. The van der Waals surface area contributed by atoms with Crippen LogP contribution in [0.15, 0.2) is 6.07 Å². The summed E-state index contributed by atoms with van der Waals surface area (Å²) in [4.78, 5) is 14.7. The van der Waals surface area contributed by atoms with Crippen molar-refractivity contribution in [3.8, 4) is 5.88 Å². The maximum Gasteiger partial charge on any atom is 0.574 e. The molecule has 0 aliphatic carbocycles. The molecule has 0 aliphatic heterocycles. The van der Waals surface area contributed by atoms with E-state index in [2.05, 4.69) is 14.5 Å². The van der Waals surface area contributed by atoms with Gasteiger partial charge in [0.05, 0.1) is 7.11 Å². The summed E-state index contributed by atoms with van der Waals surface area (Å²) in [6, 6.07) is 1.28. The Morgan fingerprint density at radius 3 is 2.61 bits per heavy atom. The third kappa shape index (κ3) is 3.70. The lowest BCUT2D eigenvalue weighted by molar-refractivity contribution is -0.276. The average Bonchev–Trinajstić information content (AvgIpc) is 2.25. The lowest BCUT2D eigenvalue weighted by Gasteiger charge is -2.13.